The van der Waals surface area contributed by atoms with Crippen molar-refractivity contribution in [3.05, 3.63) is 34.3 Å². The Balaban J connectivity index is 2.93. The lowest BCUT2D eigenvalue weighted by Crippen LogP contribution is -2.39. The molecule has 106 valence electrons. The topological polar surface area (TPSA) is 46.5 Å². The molecule has 0 aromatic heterocycles. The zero-order valence-electron chi connectivity index (χ0n) is 12.0. The molecule has 0 spiro atoms. The van der Waals surface area contributed by atoms with Gasteiger partial charge >= 0.3 is 5.97 Å². The predicted octanol–water partition coefficient (Wildman–Crippen LogP) is 3.63. The van der Waals surface area contributed by atoms with Gasteiger partial charge in [0.1, 0.15) is 5.60 Å². The molecule has 4 heteroatoms. The van der Waals surface area contributed by atoms with E-state index >= 15 is 0 Å². The first kappa shape index (κ1) is 16.2. The smallest absolute Gasteiger partial charge is 0.312 e. The van der Waals surface area contributed by atoms with Crippen LogP contribution in [-0.4, -0.2) is 16.7 Å². The monoisotopic (exact) mass is 328 g/mol. The molecule has 0 heterocycles. The van der Waals surface area contributed by atoms with Gasteiger partial charge in [-0.3, -0.25) is 4.79 Å². The van der Waals surface area contributed by atoms with Crippen molar-refractivity contribution in [1.29, 1.82) is 0 Å². The van der Waals surface area contributed by atoms with E-state index in [4.69, 9.17) is 4.74 Å². The fourth-order valence-corrected chi connectivity index (χ4v) is 1.92. The Labute approximate surface area is 123 Å². The first-order chi connectivity index (χ1) is 8.54. The van der Waals surface area contributed by atoms with E-state index in [0.29, 0.717) is 5.56 Å². The Bertz CT molecular complexity index is 443. The van der Waals surface area contributed by atoms with Gasteiger partial charge in [0.05, 0.1) is 11.5 Å². The lowest BCUT2D eigenvalue weighted by molar-refractivity contribution is -0.168. The molecule has 2 atom stereocenters. The van der Waals surface area contributed by atoms with Crippen LogP contribution in [0.1, 0.15) is 40.2 Å². The van der Waals surface area contributed by atoms with Crippen LogP contribution < -0.4 is 0 Å². The Morgan fingerprint density at radius 2 is 1.68 bits per heavy atom. The van der Waals surface area contributed by atoms with Crippen LogP contribution in [-0.2, 0) is 15.1 Å². The molecular weight excluding hydrogens is 308 g/mol. The third-order valence-corrected chi connectivity index (χ3v) is 3.56. The van der Waals surface area contributed by atoms with Crippen molar-refractivity contribution < 1.29 is 14.6 Å². The van der Waals surface area contributed by atoms with Crippen molar-refractivity contribution in [2.75, 3.05) is 0 Å². The minimum absolute atomic E-state index is 0.402. The summed E-state index contributed by atoms with van der Waals surface area (Å²) >= 11 is 3.34. The number of benzene rings is 1. The second-order valence-corrected chi connectivity index (χ2v) is 6.83. The van der Waals surface area contributed by atoms with E-state index < -0.39 is 23.1 Å². The highest BCUT2D eigenvalue weighted by atomic mass is 79.9. The Kier molecular flexibility index (Phi) is 4.80. The first-order valence-electron chi connectivity index (χ1n) is 6.25. The zero-order valence-corrected chi connectivity index (χ0v) is 13.6. The van der Waals surface area contributed by atoms with E-state index in [9.17, 15) is 9.90 Å². The third kappa shape index (κ3) is 4.32. The van der Waals surface area contributed by atoms with Crippen molar-refractivity contribution in [1.82, 2.24) is 0 Å². The van der Waals surface area contributed by atoms with Crippen molar-refractivity contribution in [2.45, 2.75) is 45.8 Å². The van der Waals surface area contributed by atoms with Crippen molar-refractivity contribution >= 4 is 21.9 Å². The van der Waals surface area contributed by atoms with E-state index in [2.05, 4.69) is 15.9 Å². The molecule has 1 aromatic carbocycles. The van der Waals surface area contributed by atoms with E-state index in [1.807, 2.05) is 32.9 Å². The van der Waals surface area contributed by atoms with Gasteiger partial charge in [-0.15, -0.1) is 0 Å². The number of hydrogen-bond acceptors (Lipinski definition) is 3. The molecule has 0 bridgehead atoms. The minimum atomic E-state index is -1.26. The van der Waals surface area contributed by atoms with Gasteiger partial charge in [0.15, 0.2) is 0 Å². The van der Waals surface area contributed by atoms with Crippen LogP contribution in [0, 0.1) is 5.92 Å². The summed E-state index contributed by atoms with van der Waals surface area (Å²) < 4.78 is 6.25. The van der Waals surface area contributed by atoms with Crippen LogP contribution in [0.5, 0.6) is 0 Å². The number of rotatable bonds is 3. The van der Waals surface area contributed by atoms with Crippen LogP contribution in [0.15, 0.2) is 28.7 Å². The average Bonchev–Trinajstić information content (AvgIpc) is 2.26. The second-order valence-electron chi connectivity index (χ2n) is 5.91. The lowest BCUT2D eigenvalue weighted by Gasteiger charge is -2.31. The van der Waals surface area contributed by atoms with Gasteiger partial charge < -0.3 is 9.84 Å². The molecule has 0 radical (unpaired) electrons. The first-order valence-corrected chi connectivity index (χ1v) is 7.04. The van der Waals surface area contributed by atoms with Crippen molar-refractivity contribution in [2.24, 2.45) is 5.92 Å². The highest BCUT2D eigenvalue weighted by Gasteiger charge is 2.37. The highest BCUT2D eigenvalue weighted by molar-refractivity contribution is 9.10. The van der Waals surface area contributed by atoms with E-state index in [1.54, 1.807) is 26.0 Å². The summed E-state index contributed by atoms with van der Waals surface area (Å²) in [5.74, 6) is -1.05. The van der Waals surface area contributed by atoms with Crippen LogP contribution >= 0.6 is 15.9 Å². The fourth-order valence-electron chi connectivity index (χ4n) is 1.66. The summed E-state index contributed by atoms with van der Waals surface area (Å²) in [5.41, 5.74) is -1.13. The molecule has 0 saturated carbocycles. The SMILES string of the molecule is CC(C(=O)OC(C)(C)C)C(C)(O)c1ccc(Br)cc1. The molecule has 0 aliphatic rings. The van der Waals surface area contributed by atoms with Crippen molar-refractivity contribution in [3.8, 4) is 0 Å². The number of esters is 1. The van der Waals surface area contributed by atoms with Crippen LogP contribution in [0.4, 0.5) is 0 Å². The largest absolute Gasteiger partial charge is 0.460 e. The Hall–Kier alpha value is -0.870. The maximum Gasteiger partial charge on any atom is 0.312 e. The lowest BCUT2D eigenvalue weighted by atomic mass is 9.84. The number of ether oxygens (including phenoxy) is 1. The minimum Gasteiger partial charge on any atom is -0.460 e. The number of aliphatic hydroxyl groups is 1. The highest BCUT2D eigenvalue weighted by Crippen LogP contribution is 2.31. The van der Waals surface area contributed by atoms with Gasteiger partial charge in [0.2, 0.25) is 0 Å². The molecule has 1 rings (SSSR count). The molecule has 19 heavy (non-hydrogen) atoms. The molecular formula is C15H21BrO3. The van der Waals surface area contributed by atoms with Gasteiger partial charge in [-0.25, -0.2) is 0 Å². The normalized spacial score (nSPS) is 16.6. The zero-order chi connectivity index (χ0) is 14.8. The number of hydrogen-bond donors (Lipinski definition) is 1. The van der Waals surface area contributed by atoms with E-state index in [0.717, 1.165) is 4.47 Å². The van der Waals surface area contributed by atoms with Gasteiger partial charge in [-0.05, 0) is 52.3 Å². The van der Waals surface area contributed by atoms with Gasteiger partial charge in [0.25, 0.3) is 0 Å². The molecule has 0 aliphatic carbocycles. The number of halogens is 1. The summed E-state index contributed by atoms with van der Waals surface area (Å²) in [6, 6.07) is 7.27. The summed E-state index contributed by atoms with van der Waals surface area (Å²) in [7, 11) is 0. The second kappa shape index (κ2) is 5.63. The standard InChI is InChI=1S/C15H21BrO3/c1-10(13(17)19-14(2,3)4)15(5,18)11-6-8-12(16)9-7-11/h6-10,18H,1-5H3. The van der Waals surface area contributed by atoms with E-state index in [1.165, 1.54) is 0 Å². The number of carbonyl (C=O) groups excluding carboxylic acids is 1. The van der Waals surface area contributed by atoms with Gasteiger partial charge in [-0.2, -0.15) is 0 Å². The molecule has 3 nitrogen and oxygen atoms in total. The maximum absolute atomic E-state index is 12.1. The molecule has 0 amide bonds. The average molecular weight is 329 g/mol. The molecule has 0 aliphatic heterocycles. The fraction of sp³-hybridized carbons (Fsp3) is 0.533. The molecule has 0 saturated heterocycles. The van der Waals surface area contributed by atoms with Crippen LogP contribution in [0.2, 0.25) is 0 Å². The van der Waals surface area contributed by atoms with Crippen LogP contribution in [0.25, 0.3) is 0 Å². The maximum atomic E-state index is 12.1. The third-order valence-electron chi connectivity index (χ3n) is 3.03. The summed E-state index contributed by atoms with van der Waals surface area (Å²) in [6.45, 7) is 8.74. The Morgan fingerprint density at radius 3 is 2.11 bits per heavy atom. The van der Waals surface area contributed by atoms with Crippen LogP contribution in [0.3, 0.4) is 0 Å². The van der Waals surface area contributed by atoms with Gasteiger partial charge in [0, 0.05) is 4.47 Å². The summed E-state index contributed by atoms with van der Waals surface area (Å²) in [6.07, 6.45) is 0. The van der Waals surface area contributed by atoms with Gasteiger partial charge in [-0.1, -0.05) is 28.1 Å². The predicted molar refractivity (Wildman–Crippen MR) is 78.7 cm³/mol. The summed E-state index contributed by atoms with van der Waals surface area (Å²) in [5, 5.41) is 10.6. The molecule has 2 unspecified atom stereocenters. The number of carbonyl (C=O) groups is 1. The Morgan fingerprint density at radius 1 is 1.21 bits per heavy atom. The molecule has 1 N–H and O–H groups in total. The van der Waals surface area contributed by atoms with Crippen molar-refractivity contribution in [3.63, 3.8) is 0 Å². The molecule has 1 aromatic rings. The quantitative estimate of drug-likeness (QED) is 0.862. The van der Waals surface area contributed by atoms with E-state index in [-0.39, 0.29) is 0 Å². The molecule has 0 fully saturated rings. The summed E-state index contributed by atoms with van der Waals surface area (Å²) in [4.78, 5) is 12.1.